The number of carbonyl (C=O) groups is 1. The highest BCUT2D eigenvalue weighted by molar-refractivity contribution is 7.80. The van der Waals surface area contributed by atoms with Crippen LogP contribution in [0.3, 0.4) is 0 Å². The lowest BCUT2D eigenvalue weighted by atomic mass is 10.0. The first-order valence-corrected chi connectivity index (χ1v) is 6.80. The Labute approximate surface area is 127 Å². The molecule has 3 rings (SSSR count). The number of thiocarbonyl (C=S) groups is 1. The van der Waals surface area contributed by atoms with Crippen molar-refractivity contribution in [3.8, 4) is 5.75 Å². The van der Waals surface area contributed by atoms with Gasteiger partial charge in [0, 0.05) is 12.4 Å². The van der Waals surface area contributed by atoms with Gasteiger partial charge in [0.25, 0.3) is 11.1 Å². The highest BCUT2D eigenvalue weighted by Crippen LogP contribution is 2.30. The van der Waals surface area contributed by atoms with E-state index in [4.69, 9.17) is 21.7 Å². The molecular formula is C16H13NO3S. The monoisotopic (exact) mass is 299 g/mol. The van der Waals surface area contributed by atoms with Gasteiger partial charge in [-0.1, -0.05) is 30.3 Å². The number of rotatable bonds is 2. The van der Waals surface area contributed by atoms with Crippen molar-refractivity contribution >= 4 is 40.1 Å². The average molecular weight is 299 g/mol. The summed E-state index contributed by atoms with van der Waals surface area (Å²) in [5, 5.41) is 2.14. The zero-order chi connectivity index (χ0) is 15.0. The molecule has 5 heteroatoms. The van der Waals surface area contributed by atoms with Crippen LogP contribution in [-0.2, 0) is 9.53 Å². The second kappa shape index (κ2) is 5.18. The second-order valence-electron chi connectivity index (χ2n) is 4.64. The van der Waals surface area contributed by atoms with Gasteiger partial charge < -0.3 is 9.47 Å². The molecule has 0 aromatic heterocycles. The summed E-state index contributed by atoms with van der Waals surface area (Å²) in [4.78, 5) is 13.3. The van der Waals surface area contributed by atoms with Gasteiger partial charge in [-0.15, -0.1) is 0 Å². The Kier molecular flexibility index (Phi) is 3.35. The van der Waals surface area contributed by atoms with Crippen LogP contribution in [0.5, 0.6) is 5.75 Å². The van der Waals surface area contributed by atoms with E-state index >= 15 is 0 Å². The summed E-state index contributed by atoms with van der Waals surface area (Å²) in [6.45, 7) is 0. The minimum absolute atomic E-state index is 0.170. The summed E-state index contributed by atoms with van der Waals surface area (Å²) in [6.07, 6.45) is 1.71. The molecule has 2 aromatic rings. The average Bonchev–Trinajstić information content (AvgIpc) is 2.75. The molecule has 4 nitrogen and oxygen atoms in total. The number of carbonyl (C=O) groups excluding carboxylic acids is 1. The molecule has 1 amide bonds. The maximum Gasteiger partial charge on any atom is 0.296 e. The van der Waals surface area contributed by atoms with Crippen LogP contribution in [0.25, 0.3) is 16.8 Å². The van der Waals surface area contributed by atoms with Gasteiger partial charge in [-0.25, -0.2) is 0 Å². The second-order valence-corrected chi connectivity index (χ2v) is 4.99. The number of methoxy groups -OCH3 is 1. The zero-order valence-corrected chi connectivity index (χ0v) is 12.4. The Morgan fingerprint density at radius 3 is 2.52 bits per heavy atom. The Morgan fingerprint density at radius 1 is 1.19 bits per heavy atom. The highest BCUT2D eigenvalue weighted by Gasteiger charge is 2.30. The number of nitrogens with zero attached hydrogens (tertiary/aromatic N) is 1. The number of benzene rings is 2. The number of amides is 1. The number of hydrogen-bond donors (Lipinski definition) is 0. The lowest BCUT2D eigenvalue weighted by Crippen LogP contribution is -2.22. The molecule has 0 bridgehead atoms. The standard InChI is InChI=1S/C16H13NO3S/c1-17-15(18)14(20-16(17)21)9-10-7-8-13(19-2)12-6-4-3-5-11(10)12/h3-9H,1-2H3/b14-9+. The third-order valence-corrected chi connectivity index (χ3v) is 3.77. The summed E-state index contributed by atoms with van der Waals surface area (Å²) in [6, 6.07) is 11.6. The SMILES string of the molecule is COc1ccc(/C=C2/OC(=S)N(C)C2=O)c2ccccc12. The lowest BCUT2D eigenvalue weighted by molar-refractivity contribution is -0.122. The van der Waals surface area contributed by atoms with Crippen molar-refractivity contribution in [1.29, 1.82) is 0 Å². The van der Waals surface area contributed by atoms with Crippen LogP contribution in [0, 0.1) is 0 Å². The van der Waals surface area contributed by atoms with Crippen molar-refractivity contribution in [3.63, 3.8) is 0 Å². The topological polar surface area (TPSA) is 38.8 Å². The minimum Gasteiger partial charge on any atom is -0.496 e. The maximum absolute atomic E-state index is 12.0. The molecule has 0 spiro atoms. The van der Waals surface area contributed by atoms with Crippen molar-refractivity contribution in [3.05, 3.63) is 47.7 Å². The number of likely N-dealkylation sites (N-methyl/N-ethyl adjacent to an activating group) is 1. The van der Waals surface area contributed by atoms with E-state index in [-0.39, 0.29) is 16.8 Å². The molecule has 0 aliphatic carbocycles. The predicted octanol–water partition coefficient (Wildman–Crippen LogP) is 2.96. The van der Waals surface area contributed by atoms with Gasteiger partial charge in [-0.3, -0.25) is 9.69 Å². The molecule has 2 aromatic carbocycles. The van der Waals surface area contributed by atoms with Crippen molar-refractivity contribution in [2.75, 3.05) is 14.2 Å². The highest BCUT2D eigenvalue weighted by atomic mass is 32.1. The summed E-state index contributed by atoms with van der Waals surface area (Å²) in [7, 11) is 3.23. The molecular weight excluding hydrogens is 286 g/mol. The van der Waals surface area contributed by atoms with Crippen LogP contribution in [-0.4, -0.2) is 30.1 Å². The molecule has 0 radical (unpaired) electrons. The predicted molar refractivity (Wildman–Crippen MR) is 84.9 cm³/mol. The van der Waals surface area contributed by atoms with Gasteiger partial charge in [0.1, 0.15) is 5.75 Å². The van der Waals surface area contributed by atoms with Crippen molar-refractivity contribution in [2.24, 2.45) is 0 Å². The molecule has 0 saturated carbocycles. The van der Waals surface area contributed by atoms with Gasteiger partial charge >= 0.3 is 0 Å². The number of ether oxygens (including phenoxy) is 2. The maximum atomic E-state index is 12.0. The third kappa shape index (κ3) is 2.25. The molecule has 0 N–H and O–H groups in total. The summed E-state index contributed by atoms with van der Waals surface area (Å²) in [5.74, 6) is 0.789. The lowest BCUT2D eigenvalue weighted by Gasteiger charge is -2.08. The zero-order valence-electron chi connectivity index (χ0n) is 11.6. The fraction of sp³-hybridized carbons (Fsp3) is 0.125. The Hall–Kier alpha value is -2.40. The van der Waals surface area contributed by atoms with Crippen LogP contribution < -0.4 is 4.74 Å². The van der Waals surface area contributed by atoms with Crippen molar-refractivity contribution in [2.45, 2.75) is 0 Å². The van der Waals surface area contributed by atoms with Crippen LogP contribution in [0.4, 0.5) is 0 Å². The number of hydrogen-bond acceptors (Lipinski definition) is 4. The fourth-order valence-corrected chi connectivity index (χ4v) is 2.46. The number of fused-ring (bicyclic) bond motifs is 1. The Balaban J connectivity index is 2.14. The third-order valence-electron chi connectivity index (χ3n) is 3.41. The van der Waals surface area contributed by atoms with Crippen LogP contribution >= 0.6 is 12.2 Å². The van der Waals surface area contributed by atoms with Gasteiger partial charge in [-0.2, -0.15) is 0 Å². The van der Waals surface area contributed by atoms with E-state index in [2.05, 4.69) is 0 Å². The van der Waals surface area contributed by atoms with E-state index in [9.17, 15) is 4.79 Å². The first-order valence-electron chi connectivity index (χ1n) is 6.39. The van der Waals surface area contributed by atoms with Crippen molar-refractivity contribution in [1.82, 2.24) is 4.90 Å². The molecule has 1 saturated heterocycles. The van der Waals surface area contributed by atoms with Crippen molar-refractivity contribution < 1.29 is 14.3 Å². The first kappa shape index (κ1) is 13.6. The van der Waals surface area contributed by atoms with E-state index in [1.807, 2.05) is 36.4 Å². The molecule has 1 fully saturated rings. The van der Waals surface area contributed by atoms with Gasteiger partial charge in [0.2, 0.25) is 0 Å². The molecule has 0 unspecified atom stereocenters. The summed E-state index contributed by atoms with van der Waals surface area (Å²) >= 11 is 4.97. The fourth-order valence-electron chi connectivity index (χ4n) is 2.29. The summed E-state index contributed by atoms with van der Waals surface area (Å²) in [5.41, 5.74) is 0.882. The van der Waals surface area contributed by atoms with E-state index in [1.54, 1.807) is 20.2 Å². The van der Waals surface area contributed by atoms with Crippen LogP contribution in [0.1, 0.15) is 5.56 Å². The molecule has 1 heterocycles. The Morgan fingerprint density at radius 2 is 1.90 bits per heavy atom. The minimum atomic E-state index is -0.236. The Bertz CT molecular complexity index is 782. The first-order chi connectivity index (χ1) is 10.1. The van der Waals surface area contributed by atoms with Gasteiger partial charge in [-0.05, 0) is 35.3 Å². The molecule has 1 aliphatic rings. The molecule has 21 heavy (non-hydrogen) atoms. The van der Waals surface area contributed by atoms with E-state index in [1.165, 1.54) is 4.90 Å². The van der Waals surface area contributed by atoms with E-state index < -0.39 is 0 Å². The summed E-state index contributed by atoms with van der Waals surface area (Å²) < 4.78 is 10.7. The van der Waals surface area contributed by atoms with Gasteiger partial charge in [0.05, 0.1) is 7.11 Å². The molecule has 1 aliphatic heterocycles. The van der Waals surface area contributed by atoms with E-state index in [0.29, 0.717) is 0 Å². The van der Waals surface area contributed by atoms with E-state index in [0.717, 1.165) is 22.1 Å². The molecule has 0 atom stereocenters. The normalized spacial score (nSPS) is 16.7. The van der Waals surface area contributed by atoms with Crippen LogP contribution in [0.15, 0.2) is 42.2 Å². The van der Waals surface area contributed by atoms with Gasteiger partial charge in [0.15, 0.2) is 5.76 Å². The smallest absolute Gasteiger partial charge is 0.296 e. The van der Waals surface area contributed by atoms with Crippen LogP contribution in [0.2, 0.25) is 0 Å². The molecule has 106 valence electrons. The largest absolute Gasteiger partial charge is 0.496 e. The quantitative estimate of drug-likeness (QED) is 0.631.